The molecule has 1 aromatic heterocycles. The van der Waals surface area contributed by atoms with E-state index in [4.69, 9.17) is 4.74 Å². The molecule has 5 heteroatoms. The van der Waals surface area contributed by atoms with Crippen molar-refractivity contribution in [3.8, 4) is 0 Å². The van der Waals surface area contributed by atoms with E-state index in [1.165, 1.54) is 0 Å². The molecule has 1 aromatic rings. The standard InChI is InChI=1S/C13H17BrN2O2/c1-9-11(5-6-12(14)15-9)16-13(17)8-10-4-2-3-7-18-10/h5-6,10H,2-4,7-8H2,1H3,(H,16,17). The number of anilines is 1. The van der Waals surface area contributed by atoms with Gasteiger partial charge < -0.3 is 10.1 Å². The van der Waals surface area contributed by atoms with Crippen LogP contribution in [-0.4, -0.2) is 23.6 Å². The Balaban J connectivity index is 1.90. The number of pyridine rings is 1. The van der Waals surface area contributed by atoms with Crippen LogP contribution in [0.15, 0.2) is 16.7 Å². The van der Waals surface area contributed by atoms with E-state index in [1.54, 1.807) is 0 Å². The summed E-state index contributed by atoms with van der Waals surface area (Å²) in [5.74, 6) is -0.00544. The number of aryl methyl sites for hydroxylation is 1. The molecule has 4 nitrogen and oxygen atoms in total. The van der Waals surface area contributed by atoms with Gasteiger partial charge in [-0.05, 0) is 54.2 Å². The van der Waals surface area contributed by atoms with Crippen molar-refractivity contribution >= 4 is 27.5 Å². The van der Waals surface area contributed by atoms with E-state index in [0.717, 1.165) is 41.9 Å². The van der Waals surface area contributed by atoms with Gasteiger partial charge in [0, 0.05) is 6.61 Å². The second kappa shape index (κ2) is 6.29. The minimum Gasteiger partial charge on any atom is -0.378 e. The van der Waals surface area contributed by atoms with Gasteiger partial charge in [0.1, 0.15) is 4.60 Å². The summed E-state index contributed by atoms with van der Waals surface area (Å²) in [5.41, 5.74) is 1.57. The average Bonchev–Trinajstić information content (AvgIpc) is 2.34. The molecule has 0 aliphatic carbocycles. The predicted octanol–water partition coefficient (Wildman–Crippen LogP) is 3.05. The Morgan fingerprint density at radius 1 is 1.56 bits per heavy atom. The number of nitrogens with one attached hydrogen (secondary N) is 1. The van der Waals surface area contributed by atoms with Crippen LogP contribution in [0, 0.1) is 6.92 Å². The first kappa shape index (κ1) is 13.5. The molecule has 0 aromatic carbocycles. The molecule has 1 fully saturated rings. The van der Waals surface area contributed by atoms with E-state index in [2.05, 4.69) is 26.2 Å². The number of amides is 1. The fourth-order valence-electron chi connectivity index (χ4n) is 2.04. The van der Waals surface area contributed by atoms with Crippen molar-refractivity contribution in [2.45, 2.75) is 38.7 Å². The molecule has 0 bridgehead atoms. The van der Waals surface area contributed by atoms with Crippen molar-refractivity contribution in [3.05, 3.63) is 22.4 Å². The van der Waals surface area contributed by atoms with E-state index >= 15 is 0 Å². The Hall–Kier alpha value is -0.940. The van der Waals surface area contributed by atoms with Gasteiger partial charge in [-0.25, -0.2) is 4.98 Å². The minimum atomic E-state index is -0.00544. The first-order valence-electron chi connectivity index (χ1n) is 6.20. The van der Waals surface area contributed by atoms with Crippen LogP contribution >= 0.6 is 15.9 Å². The molecule has 2 heterocycles. The Bertz CT molecular complexity index is 431. The van der Waals surface area contributed by atoms with Gasteiger partial charge in [-0.3, -0.25) is 4.79 Å². The number of hydrogen-bond acceptors (Lipinski definition) is 3. The lowest BCUT2D eigenvalue weighted by atomic mass is 10.1. The Labute approximate surface area is 115 Å². The van der Waals surface area contributed by atoms with Crippen LogP contribution in [-0.2, 0) is 9.53 Å². The normalized spacial score (nSPS) is 19.6. The Kier molecular flexibility index (Phi) is 4.72. The fraction of sp³-hybridized carbons (Fsp3) is 0.538. The molecular weight excluding hydrogens is 296 g/mol. The summed E-state index contributed by atoms with van der Waals surface area (Å²) < 4.78 is 6.32. The highest BCUT2D eigenvalue weighted by atomic mass is 79.9. The van der Waals surface area contributed by atoms with Gasteiger partial charge in [0.25, 0.3) is 0 Å². The van der Waals surface area contributed by atoms with Crippen molar-refractivity contribution < 1.29 is 9.53 Å². The molecule has 2 rings (SSSR count). The highest BCUT2D eigenvalue weighted by Crippen LogP contribution is 2.19. The van der Waals surface area contributed by atoms with E-state index in [0.29, 0.717) is 6.42 Å². The van der Waals surface area contributed by atoms with Crippen LogP contribution < -0.4 is 5.32 Å². The molecule has 1 N–H and O–H groups in total. The fourth-order valence-corrected chi connectivity index (χ4v) is 2.44. The van der Waals surface area contributed by atoms with Gasteiger partial charge >= 0.3 is 0 Å². The van der Waals surface area contributed by atoms with Crippen molar-refractivity contribution in [1.29, 1.82) is 0 Å². The first-order valence-corrected chi connectivity index (χ1v) is 6.99. The number of hydrogen-bond donors (Lipinski definition) is 1. The maximum absolute atomic E-state index is 11.9. The lowest BCUT2D eigenvalue weighted by molar-refractivity contribution is -0.119. The molecule has 1 unspecified atom stereocenters. The smallest absolute Gasteiger partial charge is 0.227 e. The number of aromatic nitrogens is 1. The maximum atomic E-state index is 11.9. The van der Waals surface area contributed by atoms with Crippen molar-refractivity contribution in [2.24, 2.45) is 0 Å². The van der Waals surface area contributed by atoms with Crippen LogP contribution in [0.1, 0.15) is 31.4 Å². The summed E-state index contributed by atoms with van der Waals surface area (Å²) in [5, 5.41) is 2.88. The van der Waals surface area contributed by atoms with Crippen molar-refractivity contribution in [3.63, 3.8) is 0 Å². The van der Waals surface area contributed by atoms with Gasteiger partial charge in [0.2, 0.25) is 5.91 Å². The summed E-state index contributed by atoms with van der Waals surface area (Å²) in [7, 11) is 0. The minimum absolute atomic E-state index is 0.00544. The largest absolute Gasteiger partial charge is 0.378 e. The van der Waals surface area contributed by atoms with Crippen LogP contribution in [0.2, 0.25) is 0 Å². The number of carbonyl (C=O) groups excluding carboxylic acids is 1. The zero-order chi connectivity index (χ0) is 13.0. The lowest BCUT2D eigenvalue weighted by Crippen LogP contribution is -2.25. The second-order valence-corrected chi connectivity index (χ2v) is 5.32. The maximum Gasteiger partial charge on any atom is 0.227 e. The zero-order valence-electron chi connectivity index (χ0n) is 10.4. The molecule has 1 aliphatic heterocycles. The van der Waals surface area contributed by atoms with Crippen molar-refractivity contribution in [2.75, 3.05) is 11.9 Å². The van der Waals surface area contributed by atoms with Gasteiger partial charge in [-0.2, -0.15) is 0 Å². The zero-order valence-corrected chi connectivity index (χ0v) is 12.0. The average molecular weight is 313 g/mol. The third-order valence-electron chi connectivity index (χ3n) is 3.01. The molecule has 0 radical (unpaired) electrons. The number of nitrogens with zero attached hydrogens (tertiary/aromatic N) is 1. The molecule has 1 atom stereocenters. The molecule has 1 amide bonds. The third kappa shape index (κ3) is 3.78. The third-order valence-corrected chi connectivity index (χ3v) is 3.45. The van der Waals surface area contributed by atoms with Gasteiger partial charge in [0.05, 0.1) is 23.9 Å². The molecule has 1 aliphatic rings. The first-order chi connectivity index (χ1) is 8.65. The van der Waals surface area contributed by atoms with Crippen molar-refractivity contribution in [1.82, 2.24) is 4.98 Å². The van der Waals surface area contributed by atoms with Crippen LogP contribution in [0.3, 0.4) is 0 Å². The lowest BCUT2D eigenvalue weighted by Gasteiger charge is -2.22. The number of rotatable bonds is 3. The second-order valence-electron chi connectivity index (χ2n) is 4.51. The highest BCUT2D eigenvalue weighted by molar-refractivity contribution is 9.10. The van der Waals surface area contributed by atoms with E-state index in [-0.39, 0.29) is 12.0 Å². The van der Waals surface area contributed by atoms with Crippen LogP contribution in [0.4, 0.5) is 5.69 Å². The summed E-state index contributed by atoms with van der Waals surface area (Å²) in [6, 6.07) is 3.67. The van der Waals surface area contributed by atoms with Gasteiger partial charge in [-0.1, -0.05) is 0 Å². The summed E-state index contributed by atoms with van der Waals surface area (Å²) >= 11 is 3.30. The summed E-state index contributed by atoms with van der Waals surface area (Å²) in [4.78, 5) is 16.1. The summed E-state index contributed by atoms with van der Waals surface area (Å²) in [6.45, 7) is 2.65. The monoisotopic (exact) mass is 312 g/mol. The molecule has 18 heavy (non-hydrogen) atoms. The molecule has 0 saturated carbocycles. The Morgan fingerprint density at radius 3 is 3.06 bits per heavy atom. The molecular formula is C13H17BrN2O2. The van der Waals surface area contributed by atoms with E-state index in [1.807, 2.05) is 19.1 Å². The molecule has 0 spiro atoms. The van der Waals surface area contributed by atoms with Crippen LogP contribution in [0.5, 0.6) is 0 Å². The molecule has 1 saturated heterocycles. The number of carbonyl (C=O) groups is 1. The molecule has 98 valence electrons. The van der Waals surface area contributed by atoms with E-state index < -0.39 is 0 Å². The van der Waals surface area contributed by atoms with E-state index in [9.17, 15) is 4.79 Å². The quantitative estimate of drug-likeness (QED) is 0.873. The number of ether oxygens (including phenoxy) is 1. The number of halogens is 1. The van der Waals surface area contributed by atoms with Gasteiger partial charge in [-0.15, -0.1) is 0 Å². The summed E-state index contributed by atoms with van der Waals surface area (Å²) in [6.07, 6.45) is 3.73. The van der Waals surface area contributed by atoms with Gasteiger partial charge in [0.15, 0.2) is 0 Å². The predicted molar refractivity (Wildman–Crippen MR) is 73.5 cm³/mol. The highest BCUT2D eigenvalue weighted by Gasteiger charge is 2.18. The topological polar surface area (TPSA) is 51.2 Å². The Morgan fingerprint density at radius 2 is 2.39 bits per heavy atom. The SMILES string of the molecule is Cc1nc(Br)ccc1NC(=O)CC1CCCCO1. The van der Waals surface area contributed by atoms with Crippen LogP contribution in [0.25, 0.3) is 0 Å².